The molecule has 0 aliphatic carbocycles. The normalized spacial score (nSPS) is 11.4. The predicted octanol–water partition coefficient (Wildman–Crippen LogP) is 1.56. The Kier molecular flexibility index (Phi) is 5.98. The van der Waals surface area contributed by atoms with E-state index in [2.05, 4.69) is 4.72 Å². The van der Waals surface area contributed by atoms with Crippen molar-refractivity contribution in [2.45, 2.75) is 20.0 Å². The van der Waals surface area contributed by atoms with Gasteiger partial charge in [0.05, 0.1) is 36.8 Å². The minimum Gasteiger partial charge on any atom is -0.495 e. The summed E-state index contributed by atoms with van der Waals surface area (Å²) in [5, 5.41) is 8.94. The van der Waals surface area contributed by atoms with Crippen LogP contribution in [0.1, 0.15) is 24.2 Å². The van der Waals surface area contributed by atoms with Crippen LogP contribution in [0.4, 0.5) is 5.69 Å². The molecule has 0 saturated carbocycles. The summed E-state index contributed by atoms with van der Waals surface area (Å²) < 4.78 is 36.4. The molecule has 0 amide bonds. The fourth-order valence-corrected chi connectivity index (χ4v) is 2.45. The smallest absolute Gasteiger partial charge is 0.335 e. The Bertz CT molecular complexity index is 597. The van der Waals surface area contributed by atoms with Gasteiger partial charge in [0, 0.05) is 0 Å². The lowest BCUT2D eigenvalue weighted by molar-refractivity contribution is 0.0696. The van der Waals surface area contributed by atoms with E-state index in [1.54, 1.807) is 13.8 Å². The summed E-state index contributed by atoms with van der Waals surface area (Å²) in [6.07, 6.45) is -0.0647. The number of nitrogens with one attached hydrogen (secondary N) is 1. The van der Waals surface area contributed by atoms with Crippen LogP contribution in [0.2, 0.25) is 0 Å². The predicted molar refractivity (Wildman–Crippen MR) is 78.5 cm³/mol. The van der Waals surface area contributed by atoms with Gasteiger partial charge < -0.3 is 14.6 Å². The van der Waals surface area contributed by atoms with E-state index in [0.717, 1.165) is 0 Å². The SMILES string of the molecule is COc1ccc(C(=O)O)cc1NS(=O)(=O)CCOC(C)C. The van der Waals surface area contributed by atoms with Gasteiger partial charge in [0.2, 0.25) is 10.0 Å². The Morgan fingerprint density at radius 2 is 2.05 bits per heavy atom. The first-order valence-corrected chi connectivity index (χ1v) is 7.94. The molecular weight excluding hydrogens is 298 g/mol. The summed E-state index contributed by atoms with van der Waals surface area (Å²) in [6.45, 7) is 3.66. The van der Waals surface area contributed by atoms with Crippen molar-refractivity contribution in [3.63, 3.8) is 0 Å². The summed E-state index contributed by atoms with van der Waals surface area (Å²) in [4.78, 5) is 10.9. The second kappa shape index (κ2) is 7.28. The highest BCUT2D eigenvalue weighted by molar-refractivity contribution is 7.92. The van der Waals surface area contributed by atoms with Crippen LogP contribution in [0.5, 0.6) is 5.75 Å². The Morgan fingerprint density at radius 3 is 2.57 bits per heavy atom. The van der Waals surface area contributed by atoms with Crippen LogP contribution in [-0.4, -0.2) is 45.1 Å². The molecule has 0 heterocycles. The number of ether oxygens (including phenoxy) is 2. The van der Waals surface area contributed by atoms with E-state index in [0.29, 0.717) is 0 Å². The maximum atomic E-state index is 11.9. The Labute approximate surface area is 123 Å². The second-order valence-corrected chi connectivity index (χ2v) is 6.40. The van der Waals surface area contributed by atoms with Gasteiger partial charge in [-0.05, 0) is 32.0 Å². The molecule has 1 aromatic carbocycles. The molecule has 1 rings (SSSR count). The molecule has 7 nitrogen and oxygen atoms in total. The zero-order valence-corrected chi connectivity index (χ0v) is 12.9. The summed E-state index contributed by atoms with van der Waals surface area (Å²) in [6, 6.07) is 3.94. The highest BCUT2D eigenvalue weighted by Crippen LogP contribution is 2.26. The fraction of sp³-hybridized carbons (Fsp3) is 0.462. The van der Waals surface area contributed by atoms with Crippen molar-refractivity contribution in [2.75, 3.05) is 24.2 Å². The molecule has 21 heavy (non-hydrogen) atoms. The van der Waals surface area contributed by atoms with Crippen LogP contribution in [0.25, 0.3) is 0 Å². The molecule has 0 bridgehead atoms. The van der Waals surface area contributed by atoms with Gasteiger partial charge in [-0.25, -0.2) is 13.2 Å². The Balaban J connectivity index is 2.89. The van der Waals surface area contributed by atoms with E-state index in [1.807, 2.05) is 0 Å². The van der Waals surface area contributed by atoms with Crippen molar-refractivity contribution in [2.24, 2.45) is 0 Å². The van der Waals surface area contributed by atoms with Gasteiger partial charge in [0.15, 0.2) is 0 Å². The summed E-state index contributed by atoms with van der Waals surface area (Å²) in [5.41, 5.74) is 0.0499. The number of benzene rings is 1. The summed E-state index contributed by atoms with van der Waals surface area (Å²) in [5.74, 6) is -1.14. The zero-order valence-electron chi connectivity index (χ0n) is 12.1. The molecule has 2 N–H and O–H groups in total. The Morgan fingerprint density at radius 1 is 1.38 bits per heavy atom. The van der Waals surface area contributed by atoms with E-state index < -0.39 is 16.0 Å². The molecule has 0 aliphatic rings. The number of carboxylic acids is 1. The number of hydrogen-bond donors (Lipinski definition) is 2. The molecule has 0 atom stereocenters. The van der Waals surface area contributed by atoms with Crippen molar-refractivity contribution >= 4 is 21.7 Å². The number of carboxylic acid groups (broad SMARTS) is 1. The number of rotatable bonds is 8. The molecule has 118 valence electrons. The minimum atomic E-state index is -3.65. The van der Waals surface area contributed by atoms with Gasteiger partial charge in [-0.2, -0.15) is 0 Å². The van der Waals surface area contributed by atoms with Gasteiger partial charge >= 0.3 is 5.97 Å². The molecule has 0 aromatic heterocycles. The first-order valence-electron chi connectivity index (χ1n) is 6.28. The molecule has 0 aliphatic heterocycles. The Hall–Kier alpha value is -1.80. The highest BCUT2D eigenvalue weighted by atomic mass is 32.2. The van der Waals surface area contributed by atoms with E-state index in [9.17, 15) is 13.2 Å². The van der Waals surface area contributed by atoms with Crippen LogP contribution in [0.15, 0.2) is 18.2 Å². The maximum Gasteiger partial charge on any atom is 0.335 e. The number of anilines is 1. The van der Waals surface area contributed by atoms with Gasteiger partial charge in [-0.1, -0.05) is 0 Å². The average Bonchev–Trinajstić information content (AvgIpc) is 2.37. The van der Waals surface area contributed by atoms with Crippen molar-refractivity contribution in [1.29, 1.82) is 0 Å². The van der Waals surface area contributed by atoms with Gasteiger partial charge in [0.1, 0.15) is 5.75 Å². The van der Waals surface area contributed by atoms with E-state index >= 15 is 0 Å². The van der Waals surface area contributed by atoms with Crippen molar-refractivity contribution in [1.82, 2.24) is 0 Å². The number of methoxy groups -OCH3 is 1. The molecule has 0 radical (unpaired) electrons. The molecule has 0 fully saturated rings. The summed E-state index contributed by atoms with van der Waals surface area (Å²) in [7, 11) is -2.28. The van der Waals surface area contributed by atoms with Crippen molar-refractivity contribution < 1.29 is 27.8 Å². The van der Waals surface area contributed by atoms with Crippen molar-refractivity contribution in [3.05, 3.63) is 23.8 Å². The summed E-state index contributed by atoms with van der Waals surface area (Å²) >= 11 is 0. The third-order valence-corrected chi connectivity index (χ3v) is 3.75. The lowest BCUT2D eigenvalue weighted by atomic mass is 10.2. The first kappa shape index (κ1) is 17.3. The quantitative estimate of drug-likeness (QED) is 0.754. The van der Waals surface area contributed by atoms with Crippen LogP contribution in [-0.2, 0) is 14.8 Å². The van der Waals surface area contributed by atoms with E-state index in [-0.39, 0.29) is 35.5 Å². The monoisotopic (exact) mass is 317 g/mol. The third-order valence-electron chi connectivity index (χ3n) is 2.52. The molecule has 8 heteroatoms. The second-order valence-electron chi connectivity index (χ2n) is 4.56. The molecular formula is C13H19NO6S. The van der Waals surface area contributed by atoms with E-state index in [4.69, 9.17) is 14.6 Å². The topological polar surface area (TPSA) is 102 Å². The first-order chi connectivity index (χ1) is 9.75. The lowest BCUT2D eigenvalue weighted by Gasteiger charge is -2.13. The number of carbonyl (C=O) groups is 1. The third kappa shape index (κ3) is 5.60. The molecule has 0 saturated heterocycles. The molecule has 0 spiro atoms. The van der Waals surface area contributed by atoms with Crippen LogP contribution < -0.4 is 9.46 Å². The minimum absolute atomic E-state index is 0.0352. The van der Waals surface area contributed by atoms with Gasteiger partial charge in [-0.15, -0.1) is 0 Å². The number of hydrogen-bond acceptors (Lipinski definition) is 5. The van der Waals surface area contributed by atoms with Crippen molar-refractivity contribution in [3.8, 4) is 5.75 Å². The van der Waals surface area contributed by atoms with Crippen LogP contribution in [0.3, 0.4) is 0 Å². The average molecular weight is 317 g/mol. The number of sulfonamides is 1. The number of aromatic carboxylic acids is 1. The largest absolute Gasteiger partial charge is 0.495 e. The highest BCUT2D eigenvalue weighted by Gasteiger charge is 2.16. The van der Waals surface area contributed by atoms with Gasteiger partial charge in [0.25, 0.3) is 0 Å². The van der Waals surface area contributed by atoms with E-state index in [1.165, 1.54) is 25.3 Å². The molecule has 1 aromatic rings. The zero-order chi connectivity index (χ0) is 16.0. The molecule has 0 unspecified atom stereocenters. The van der Waals surface area contributed by atoms with Crippen LogP contribution in [0, 0.1) is 0 Å². The lowest BCUT2D eigenvalue weighted by Crippen LogP contribution is -2.22. The van der Waals surface area contributed by atoms with Crippen LogP contribution >= 0.6 is 0 Å². The standard InChI is InChI=1S/C13H19NO6S/c1-9(2)20-6-7-21(17,18)14-11-8-10(13(15)16)4-5-12(11)19-3/h4-5,8-9,14H,6-7H2,1-3H3,(H,15,16). The van der Waals surface area contributed by atoms with Gasteiger partial charge in [-0.3, -0.25) is 4.72 Å². The maximum absolute atomic E-state index is 11.9. The fourth-order valence-electron chi connectivity index (χ4n) is 1.53.